The third-order valence-electron chi connectivity index (χ3n) is 6.33. The molecule has 2 atom stereocenters. The fourth-order valence-corrected chi connectivity index (χ4v) is 4.71. The number of para-hydroxylation sites is 1. The Labute approximate surface area is 182 Å². The van der Waals surface area contributed by atoms with E-state index < -0.39 is 6.10 Å². The third-order valence-corrected chi connectivity index (χ3v) is 6.33. The number of nitrogens with zero attached hydrogens (tertiary/aromatic N) is 1. The minimum Gasteiger partial charge on any atom is -0.480 e. The molecule has 2 heterocycles. The molecule has 31 heavy (non-hydrogen) atoms. The van der Waals surface area contributed by atoms with E-state index in [4.69, 9.17) is 9.47 Å². The molecular weight excluding hydrogens is 397 g/mol. The van der Waals surface area contributed by atoms with Crippen molar-refractivity contribution in [2.75, 3.05) is 19.7 Å². The first-order chi connectivity index (χ1) is 15.0. The normalized spacial score (nSPS) is 19.4. The molecule has 1 fully saturated rings. The van der Waals surface area contributed by atoms with Crippen molar-refractivity contribution in [2.24, 2.45) is 5.92 Å². The fourth-order valence-electron chi connectivity index (χ4n) is 4.71. The summed E-state index contributed by atoms with van der Waals surface area (Å²) in [4.78, 5) is 27.1. The molecule has 0 unspecified atom stereocenters. The predicted octanol–water partition coefficient (Wildman–Crippen LogP) is 4.10. The first-order valence-electron chi connectivity index (χ1n) is 11.0. The molecule has 0 N–H and O–H groups in total. The molecule has 164 valence electrons. The topological polar surface area (TPSA) is 55.8 Å². The van der Waals surface area contributed by atoms with Crippen LogP contribution in [0.5, 0.6) is 5.75 Å². The number of amides is 1. The Bertz CT molecular complexity index is 896. The maximum absolute atomic E-state index is 13.4. The number of esters is 1. The number of likely N-dealkylation sites (tertiary alicyclic amines) is 1. The average molecular weight is 426 g/mol. The average Bonchev–Trinajstić information content (AvgIpc) is 3.22. The highest BCUT2D eigenvalue weighted by Gasteiger charge is 2.36. The maximum Gasteiger partial charge on any atom is 0.306 e. The number of ether oxygens (including phenoxy) is 2. The van der Waals surface area contributed by atoms with Gasteiger partial charge in [-0.2, -0.15) is 0 Å². The molecular formula is C25H28FNO4. The van der Waals surface area contributed by atoms with Gasteiger partial charge >= 0.3 is 5.97 Å². The third kappa shape index (κ3) is 4.89. The van der Waals surface area contributed by atoms with Crippen molar-refractivity contribution in [3.05, 3.63) is 65.5 Å². The van der Waals surface area contributed by atoms with Crippen LogP contribution in [-0.4, -0.2) is 42.6 Å². The van der Waals surface area contributed by atoms with Gasteiger partial charge in [0.15, 0.2) is 6.10 Å². The molecule has 4 rings (SSSR count). The number of rotatable bonds is 6. The van der Waals surface area contributed by atoms with Gasteiger partial charge < -0.3 is 14.4 Å². The van der Waals surface area contributed by atoms with Gasteiger partial charge in [0.25, 0.3) is 5.91 Å². The van der Waals surface area contributed by atoms with Crippen molar-refractivity contribution < 1.29 is 23.5 Å². The van der Waals surface area contributed by atoms with Gasteiger partial charge in [0.2, 0.25) is 0 Å². The number of fused-ring (bicyclic) bond motifs is 1. The van der Waals surface area contributed by atoms with Crippen LogP contribution in [0.4, 0.5) is 4.39 Å². The van der Waals surface area contributed by atoms with Crippen molar-refractivity contribution >= 4 is 11.9 Å². The van der Waals surface area contributed by atoms with Gasteiger partial charge in [-0.3, -0.25) is 9.59 Å². The first-order valence-corrected chi connectivity index (χ1v) is 11.0. The standard InChI is InChI=1S/C25H28FNO4/c1-2-30-24(28)16-21(17-7-9-20(26)10-8-17)18-11-13-27(14-12-18)25(29)23-15-19-5-3-4-6-22(19)31-23/h3-10,18,21,23H,2,11-16H2,1H3/t21-,23-/m0/s1. The largest absolute Gasteiger partial charge is 0.480 e. The summed E-state index contributed by atoms with van der Waals surface area (Å²) in [5.74, 6) is 0.452. The summed E-state index contributed by atoms with van der Waals surface area (Å²) in [7, 11) is 0. The Balaban J connectivity index is 1.39. The Morgan fingerprint density at radius 2 is 1.84 bits per heavy atom. The van der Waals surface area contributed by atoms with Crippen LogP contribution < -0.4 is 4.74 Å². The van der Waals surface area contributed by atoms with E-state index in [1.807, 2.05) is 29.2 Å². The Morgan fingerprint density at radius 1 is 1.13 bits per heavy atom. The highest BCUT2D eigenvalue weighted by Crippen LogP contribution is 2.36. The van der Waals surface area contributed by atoms with E-state index in [1.165, 1.54) is 12.1 Å². The molecule has 2 aromatic rings. The van der Waals surface area contributed by atoms with Crippen LogP contribution in [-0.2, 0) is 20.7 Å². The van der Waals surface area contributed by atoms with Crippen molar-refractivity contribution in [2.45, 2.75) is 44.6 Å². The maximum atomic E-state index is 13.4. The van der Waals surface area contributed by atoms with Crippen LogP contribution in [0, 0.1) is 11.7 Å². The van der Waals surface area contributed by atoms with Crippen molar-refractivity contribution in [3.63, 3.8) is 0 Å². The molecule has 2 aromatic carbocycles. The van der Waals surface area contributed by atoms with Crippen LogP contribution in [0.3, 0.4) is 0 Å². The molecule has 5 nitrogen and oxygen atoms in total. The highest BCUT2D eigenvalue weighted by molar-refractivity contribution is 5.82. The number of hydrogen-bond donors (Lipinski definition) is 0. The minimum absolute atomic E-state index is 0.0263. The van der Waals surface area contributed by atoms with Crippen LogP contribution in [0.25, 0.3) is 0 Å². The molecule has 1 saturated heterocycles. The Morgan fingerprint density at radius 3 is 2.52 bits per heavy atom. The van der Waals surface area contributed by atoms with Crippen molar-refractivity contribution in [1.29, 1.82) is 0 Å². The molecule has 0 saturated carbocycles. The van der Waals surface area contributed by atoms with Crippen LogP contribution >= 0.6 is 0 Å². The number of carbonyl (C=O) groups excluding carboxylic acids is 2. The fraction of sp³-hybridized carbons (Fsp3) is 0.440. The van der Waals surface area contributed by atoms with Gasteiger partial charge in [0.05, 0.1) is 13.0 Å². The summed E-state index contributed by atoms with van der Waals surface area (Å²) in [6, 6.07) is 14.1. The molecule has 1 amide bonds. The predicted molar refractivity (Wildman–Crippen MR) is 114 cm³/mol. The smallest absolute Gasteiger partial charge is 0.306 e. The molecule has 6 heteroatoms. The lowest BCUT2D eigenvalue weighted by molar-refractivity contribution is -0.144. The molecule has 0 spiro atoms. The summed E-state index contributed by atoms with van der Waals surface area (Å²) in [6.45, 7) is 3.38. The van der Waals surface area contributed by atoms with E-state index >= 15 is 0 Å². The second-order valence-electron chi connectivity index (χ2n) is 8.25. The molecule has 2 aliphatic rings. The Kier molecular flexibility index (Phi) is 6.54. The SMILES string of the molecule is CCOC(=O)C[C@@H](c1ccc(F)cc1)C1CCN(C(=O)[C@@H]2Cc3ccccc3O2)CC1. The zero-order chi connectivity index (χ0) is 21.8. The van der Waals surface area contributed by atoms with E-state index in [0.29, 0.717) is 26.1 Å². The van der Waals surface area contributed by atoms with Gasteiger partial charge in [0, 0.05) is 19.5 Å². The van der Waals surface area contributed by atoms with E-state index in [1.54, 1.807) is 19.1 Å². The second-order valence-corrected chi connectivity index (χ2v) is 8.25. The minimum atomic E-state index is -0.457. The number of piperidine rings is 1. The van der Waals surface area contributed by atoms with Crippen LogP contribution in [0.2, 0.25) is 0 Å². The van der Waals surface area contributed by atoms with Gasteiger partial charge in [-0.15, -0.1) is 0 Å². The van der Waals surface area contributed by atoms with E-state index in [9.17, 15) is 14.0 Å². The first kappa shape index (κ1) is 21.3. The van der Waals surface area contributed by atoms with Crippen molar-refractivity contribution in [3.8, 4) is 5.75 Å². The summed E-state index contributed by atoms with van der Waals surface area (Å²) < 4.78 is 24.5. The second kappa shape index (κ2) is 9.50. The number of hydrogen-bond acceptors (Lipinski definition) is 4. The summed E-state index contributed by atoms with van der Waals surface area (Å²) in [5.41, 5.74) is 2.01. The van der Waals surface area contributed by atoms with Gasteiger partial charge in [0.1, 0.15) is 11.6 Å². The number of halogens is 1. The van der Waals surface area contributed by atoms with Crippen molar-refractivity contribution in [1.82, 2.24) is 4.90 Å². The monoisotopic (exact) mass is 425 g/mol. The molecule has 2 aliphatic heterocycles. The van der Waals surface area contributed by atoms with E-state index in [2.05, 4.69) is 0 Å². The summed E-state index contributed by atoms with van der Waals surface area (Å²) >= 11 is 0. The van der Waals surface area contributed by atoms with Crippen LogP contribution in [0.1, 0.15) is 43.2 Å². The summed E-state index contributed by atoms with van der Waals surface area (Å²) in [5, 5.41) is 0. The lowest BCUT2D eigenvalue weighted by atomic mass is 9.78. The molecule has 0 bridgehead atoms. The van der Waals surface area contributed by atoms with E-state index in [0.717, 1.165) is 29.7 Å². The number of carbonyl (C=O) groups is 2. The van der Waals surface area contributed by atoms with E-state index in [-0.39, 0.29) is 36.0 Å². The Hall–Kier alpha value is -2.89. The zero-order valence-corrected chi connectivity index (χ0v) is 17.8. The molecule has 0 aliphatic carbocycles. The number of benzene rings is 2. The van der Waals surface area contributed by atoms with Crippen LogP contribution in [0.15, 0.2) is 48.5 Å². The van der Waals surface area contributed by atoms with Gasteiger partial charge in [-0.1, -0.05) is 30.3 Å². The van der Waals surface area contributed by atoms with Gasteiger partial charge in [-0.25, -0.2) is 4.39 Å². The highest BCUT2D eigenvalue weighted by atomic mass is 19.1. The zero-order valence-electron chi connectivity index (χ0n) is 17.8. The quantitative estimate of drug-likeness (QED) is 0.654. The lowest BCUT2D eigenvalue weighted by Gasteiger charge is -2.37. The van der Waals surface area contributed by atoms with Gasteiger partial charge in [-0.05, 0) is 60.9 Å². The molecule has 0 radical (unpaired) electrons. The lowest BCUT2D eigenvalue weighted by Crippen LogP contribution is -2.46. The summed E-state index contributed by atoms with van der Waals surface area (Å²) in [6.07, 6.45) is 1.98. The molecule has 0 aromatic heterocycles.